The lowest BCUT2D eigenvalue weighted by Crippen LogP contribution is -2.45. The number of hydrogen-bond acceptors (Lipinski definition) is 7. The number of carboxylic acids is 2. The van der Waals surface area contributed by atoms with E-state index in [9.17, 15) is 14.7 Å². The predicted octanol–water partition coefficient (Wildman–Crippen LogP) is 2.38. The highest BCUT2D eigenvalue weighted by molar-refractivity contribution is 7.20. The summed E-state index contributed by atoms with van der Waals surface area (Å²) in [7, 11) is 0. The Morgan fingerprint density at radius 2 is 2.06 bits per heavy atom. The molecule has 4 rings (SSSR count). The Labute approximate surface area is 188 Å². The van der Waals surface area contributed by atoms with Crippen LogP contribution in [0.15, 0.2) is 54.4 Å². The Hall–Kier alpha value is -3.05. The van der Waals surface area contributed by atoms with Gasteiger partial charge in [-0.05, 0) is 5.56 Å². The number of aliphatic carboxylic acids is 2. The highest BCUT2D eigenvalue weighted by atomic mass is 32.1. The Morgan fingerprint density at radius 3 is 2.78 bits per heavy atom. The van der Waals surface area contributed by atoms with Crippen molar-refractivity contribution in [2.45, 2.75) is 12.7 Å². The third-order valence-electron chi connectivity index (χ3n) is 5.09. The number of aromatic nitrogens is 2. The second-order valence-corrected chi connectivity index (χ2v) is 8.35. The van der Waals surface area contributed by atoms with Crippen LogP contribution in [0, 0.1) is 0 Å². The number of rotatable bonds is 9. The zero-order chi connectivity index (χ0) is 22.5. The quantitative estimate of drug-likeness (QED) is 0.372. The molecule has 168 valence electrons. The molecule has 1 aromatic carbocycles. The van der Waals surface area contributed by atoms with Crippen LogP contribution in [0.25, 0.3) is 15.4 Å². The van der Waals surface area contributed by atoms with E-state index in [4.69, 9.17) is 14.6 Å². The molecule has 2 aromatic heterocycles. The molecule has 9 nitrogen and oxygen atoms in total. The van der Waals surface area contributed by atoms with Crippen molar-refractivity contribution in [3.63, 3.8) is 0 Å². The SMILES string of the molecule is O=C(O)C=C(C(=O)O)C1CN(CCOCc2cn3cc(-c4ccccc4)sc3n2)CCO1. The van der Waals surface area contributed by atoms with E-state index in [1.807, 2.05) is 33.7 Å². The van der Waals surface area contributed by atoms with E-state index < -0.39 is 18.0 Å². The van der Waals surface area contributed by atoms with Gasteiger partial charge in [0, 0.05) is 38.1 Å². The van der Waals surface area contributed by atoms with Gasteiger partial charge in [-0.15, -0.1) is 0 Å². The minimum Gasteiger partial charge on any atom is -0.478 e. The molecule has 1 fully saturated rings. The molecule has 1 saturated heterocycles. The monoisotopic (exact) mass is 457 g/mol. The van der Waals surface area contributed by atoms with Gasteiger partial charge >= 0.3 is 11.9 Å². The molecule has 0 radical (unpaired) electrons. The van der Waals surface area contributed by atoms with Crippen LogP contribution in [0.3, 0.4) is 0 Å². The number of hydrogen-bond donors (Lipinski definition) is 2. The van der Waals surface area contributed by atoms with Crippen LogP contribution in [-0.2, 0) is 25.7 Å². The first-order valence-corrected chi connectivity index (χ1v) is 10.9. The molecular formula is C22H23N3O6S. The molecule has 2 N–H and O–H groups in total. The van der Waals surface area contributed by atoms with Gasteiger partial charge in [0.2, 0.25) is 0 Å². The van der Waals surface area contributed by atoms with Crippen molar-refractivity contribution < 1.29 is 29.3 Å². The predicted molar refractivity (Wildman–Crippen MR) is 118 cm³/mol. The summed E-state index contributed by atoms with van der Waals surface area (Å²) in [4.78, 5) is 30.9. The van der Waals surface area contributed by atoms with Gasteiger partial charge < -0.3 is 19.7 Å². The maximum absolute atomic E-state index is 11.3. The smallest absolute Gasteiger partial charge is 0.334 e. The molecule has 0 aliphatic carbocycles. The number of thiazole rings is 1. The lowest BCUT2D eigenvalue weighted by atomic mass is 10.1. The summed E-state index contributed by atoms with van der Waals surface area (Å²) in [5.41, 5.74) is 1.75. The normalized spacial score (nSPS) is 17.6. The zero-order valence-electron chi connectivity index (χ0n) is 17.2. The molecule has 0 bridgehead atoms. The molecule has 1 aliphatic rings. The van der Waals surface area contributed by atoms with Crippen LogP contribution in [0.5, 0.6) is 0 Å². The first kappa shape index (κ1) is 22.2. The fraction of sp³-hybridized carbons (Fsp3) is 0.318. The van der Waals surface area contributed by atoms with E-state index in [2.05, 4.69) is 23.3 Å². The van der Waals surface area contributed by atoms with Gasteiger partial charge in [0.05, 0.1) is 36.0 Å². The molecule has 0 spiro atoms. The molecule has 32 heavy (non-hydrogen) atoms. The highest BCUT2D eigenvalue weighted by Crippen LogP contribution is 2.28. The Bertz CT molecular complexity index is 1090. The average Bonchev–Trinajstić information content (AvgIpc) is 3.34. The third-order valence-corrected chi connectivity index (χ3v) is 6.14. The van der Waals surface area contributed by atoms with Crippen molar-refractivity contribution in [3.8, 4) is 10.4 Å². The van der Waals surface area contributed by atoms with Crippen molar-refractivity contribution in [2.75, 3.05) is 32.8 Å². The Morgan fingerprint density at radius 1 is 1.25 bits per heavy atom. The number of carbonyl (C=O) groups is 2. The van der Waals surface area contributed by atoms with E-state index >= 15 is 0 Å². The summed E-state index contributed by atoms with van der Waals surface area (Å²) < 4.78 is 13.2. The van der Waals surface area contributed by atoms with Gasteiger partial charge in [0.1, 0.15) is 6.10 Å². The standard InChI is InChI=1S/C22H23N3O6S/c26-20(27)10-17(21(28)29)18-12-24(7-9-31-18)6-8-30-14-16-11-25-13-19(32-22(25)23-16)15-4-2-1-3-5-15/h1-5,10-11,13,18H,6-9,12,14H2,(H,26,27)(H,28,29). The van der Waals surface area contributed by atoms with Crippen molar-refractivity contribution in [3.05, 3.63) is 60.1 Å². The third kappa shape index (κ3) is 5.40. The fourth-order valence-electron chi connectivity index (χ4n) is 3.54. The first-order chi connectivity index (χ1) is 15.5. The lowest BCUT2D eigenvalue weighted by Gasteiger charge is -2.32. The second-order valence-electron chi connectivity index (χ2n) is 7.34. The molecule has 10 heteroatoms. The van der Waals surface area contributed by atoms with Crippen molar-refractivity contribution in [1.29, 1.82) is 0 Å². The minimum absolute atomic E-state index is 0.254. The van der Waals surface area contributed by atoms with Crippen molar-refractivity contribution in [2.24, 2.45) is 0 Å². The summed E-state index contributed by atoms with van der Waals surface area (Å²) in [6, 6.07) is 10.2. The summed E-state index contributed by atoms with van der Waals surface area (Å²) >= 11 is 1.62. The van der Waals surface area contributed by atoms with Crippen molar-refractivity contribution >= 4 is 28.2 Å². The fourth-order valence-corrected chi connectivity index (χ4v) is 4.53. The largest absolute Gasteiger partial charge is 0.478 e. The second kappa shape index (κ2) is 10.0. The topological polar surface area (TPSA) is 114 Å². The molecule has 3 heterocycles. The summed E-state index contributed by atoms with van der Waals surface area (Å²) in [5.74, 6) is -2.59. The maximum atomic E-state index is 11.3. The molecule has 1 unspecified atom stereocenters. The number of morpholine rings is 1. The van der Waals surface area contributed by atoms with E-state index in [1.165, 1.54) is 0 Å². The summed E-state index contributed by atoms with van der Waals surface area (Å²) in [5, 5.41) is 18.1. The van der Waals surface area contributed by atoms with Crippen LogP contribution in [-0.4, -0.2) is 75.4 Å². The van der Waals surface area contributed by atoms with E-state index in [0.717, 1.165) is 21.1 Å². The van der Waals surface area contributed by atoms with Gasteiger partial charge in [-0.2, -0.15) is 0 Å². The van der Waals surface area contributed by atoms with Gasteiger partial charge in [-0.3, -0.25) is 9.30 Å². The van der Waals surface area contributed by atoms with Crippen LogP contribution in [0.1, 0.15) is 5.69 Å². The molecule has 3 aromatic rings. The van der Waals surface area contributed by atoms with Gasteiger partial charge in [0.25, 0.3) is 0 Å². The average molecular weight is 458 g/mol. The number of nitrogens with zero attached hydrogens (tertiary/aromatic N) is 3. The zero-order valence-corrected chi connectivity index (χ0v) is 18.0. The van der Waals surface area contributed by atoms with Crippen LogP contribution in [0.2, 0.25) is 0 Å². The van der Waals surface area contributed by atoms with Crippen molar-refractivity contribution in [1.82, 2.24) is 14.3 Å². The van der Waals surface area contributed by atoms with Gasteiger partial charge in [-0.25, -0.2) is 14.6 Å². The van der Waals surface area contributed by atoms with Crippen LogP contribution < -0.4 is 0 Å². The van der Waals surface area contributed by atoms with E-state index in [-0.39, 0.29) is 5.57 Å². The van der Waals surface area contributed by atoms with Gasteiger partial charge in [0.15, 0.2) is 4.96 Å². The number of ether oxygens (including phenoxy) is 2. The molecule has 0 amide bonds. The molecule has 1 aliphatic heterocycles. The first-order valence-electron chi connectivity index (χ1n) is 10.1. The van der Waals surface area contributed by atoms with E-state index in [0.29, 0.717) is 45.5 Å². The molecule has 1 atom stereocenters. The Kier molecular flexibility index (Phi) is 6.96. The van der Waals surface area contributed by atoms with Crippen LogP contribution in [0.4, 0.5) is 0 Å². The number of fused-ring (bicyclic) bond motifs is 1. The highest BCUT2D eigenvalue weighted by Gasteiger charge is 2.28. The number of carboxylic acid groups (broad SMARTS) is 2. The number of imidazole rings is 1. The number of benzene rings is 1. The maximum Gasteiger partial charge on any atom is 0.334 e. The van der Waals surface area contributed by atoms with E-state index in [1.54, 1.807) is 11.3 Å². The molecular weight excluding hydrogens is 434 g/mol. The molecule has 0 saturated carbocycles. The lowest BCUT2D eigenvalue weighted by molar-refractivity contribution is -0.137. The van der Waals surface area contributed by atoms with Gasteiger partial charge in [-0.1, -0.05) is 41.7 Å². The summed E-state index contributed by atoms with van der Waals surface area (Å²) in [6.07, 6.45) is 3.93. The summed E-state index contributed by atoms with van der Waals surface area (Å²) in [6.45, 7) is 2.66. The minimum atomic E-state index is -1.30. The Balaban J connectivity index is 1.27. The van der Waals surface area contributed by atoms with Crippen LogP contribution >= 0.6 is 11.3 Å².